The third kappa shape index (κ3) is 5.78. The predicted octanol–water partition coefficient (Wildman–Crippen LogP) is 4.97. The van der Waals surface area contributed by atoms with Crippen LogP contribution in [0.3, 0.4) is 0 Å². The first-order valence-corrected chi connectivity index (χ1v) is 12.4. The highest BCUT2D eigenvalue weighted by atomic mass is 35.5. The number of hydrogen-bond acceptors (Lipinski definition) is 5. The number of anilines is 1. The quantitative estimate of drug-likeness (QED) is 0.500. The van der Waals surface area contributed by atoms with Crippen molar-refractivity contribution in [2.24, 2.45) is 0 Å². The van der Waals surface area contributed by atoms with Crippen molar-refractivity contribution in [1.82, 2.24) is 9.80 Å². The summed E-state index contributed by atoms with van der Waals surface area (Å²) in [6, 6.07) is 16.9. The summed E-state index contributed by atoms with van der Waals surface area (Å²) in [6.07, 6.45) is 0.969. The maximum Gasteiger partial charge on any atom is 0.264 e. The largest absolute Gasteiger partial charge is 0.497 e. The molecule has 1 N–H and O–H groups in total. The number of nitrogens with one attached hydrogen (secondary N) is 1. The van der Waals surface area contributed by atoms with E-state index in [9.17, 15) is 9.59 Å². The Morgan fingerprint density at radius 2 is 1.76 bits per heavy atom. The Bertz CT molecular complexity index is 1150. The molecule has 2 amide bonds. The van der Waals surface area contributed by atoms with Crippen molar-refractivity contribution in [3.8, 4) is 5.75 Å². The molecule has 4 rings (SSSR count). The maximum absolute atomic E-state index is 13.2. The highest BCUT2D eigenvalue weighted by Gasteiger charge is 2.25. The Morgan fingerprint density at radius 1 is 1.06 bits per heavy atom. The fraction of sp³-hybridized carbons (Fsp3) is 0.308. The fourth-order valence-electron chi connectivity index (χ4n) is 3.98. The van der Waals surface area contributed by atoms with E-state index in [2.05, 4.69) is 22.3 Å². The molecule has 1 fully saturated rings. The van der Waals surface area contributed by atoms with Gasteiger partial charge in [-0.05, 0) is 54.8 Å². The van der Waals surface area contributed by atoms with Crippen LogP contribution in [0.2, 0.25) is 5.02 Å². The number of nitrogens with zero attached hydrogens (tertiary/aromatic N) is 2. The van der Waals surface area contributed by atoms with Gasteiger partial charge in [-0.25, -0.2) is 0 Å². The van der Waals surface area contributed by atoms with Gasteiger partial charge in [0.1, 0.15) is 5.75 Å². The average Bonchev–Trinajstić information content (AvgIpc) is 3.22. The number of thiophene rings is 1. The van der Waals surface area contributed by atoms with Crippen molar-refractivity contribution < 1.29 is 14.3 Å². The number of rotatable bonds is 7. The lowest BCUT2D eigenvalue weighted by Crippen LogP contribution is -2.49. The summed E-state index contributed by atoms with van der Waals surface area (Å²) in [6.45, 7) is 5.95. The van der Waals surface area contributed by atoms with Crippen LogP contribution >= 0.6 is 22.9 Å². The van der Waals surface area contributed by atoms with E-state index in [-0.39, 0.29) is 11.8 Å². The second kappa shape index (κ2) is 11.0. The minimum Gasteiger partial charge on any atom is -0.497 e. The normalized spacial score (nSPS) is 14.1. The summed E-state index contributed by atoms with van der Waals surface area (Å²) < 4.78 is 5.22. The Balaban J connectivity index is 1.30. The van der Waals surface area contributed by atoms with E-state index in [0.29, 0.717) is 33.6 Å². The summed E-state index contributed by atoms with van der Waals surface area (Å²) in [4.78, 5) is 30.7. The van der Waals surface area contributed by atoms with Crippen molar-refractivity contribution in [1.29, 1.82) is 0 Å². The Hall–Kier alpha value is -2.87. The molecule has 0 spiro atoms. The summed E-state index contributed by atoms with van der Waals surface area (Å²) in [5, 5.41) is 3.91. The zero-order chi connectivity index (χ0) is 24.1. The second-order valence-electron chi connectivity index (χ2n) is 8.29. The van der Waals surface area contributed by atoms with Gasteiger partial charge >= 0.3 is 0 Å². The molecule has 2 heterocycles. The molecule has 0 atom stereocenters. The van der Waals surface area contributed by atoms with Crippen molar-refractivity contribution >= 4 is 39.8 Å². The summed E-state index contributed by atoms with van der Waals surface area (Å²) in [5.41, 5.74) is 2.56. The molecule has 6 nitrogen and oxygen atoms in total. The monoisotopic (exact) mass is 497 g/mol. The molecule has 1 aliphatic rings. The van der Waals surface area contributed by atoms with Crippen LogP contribution in [-0.2, 0) is 6.42 Å². The average molecular weight is 498 g/mol. The van der Waals surface area contributed by atoms with E-state index >= 15 is 0 Å². The molecular weight excluding hydrogens is 470 g/mol. The zero-order valence-corrected chi connectivity index (χ0v) is 20.9. The summed E-state index contributed by atoms with van der Waals surface area (Å²) >= 11 is 7.44. The van der Waals surface area contributed by atoms with Gasteiger partial charge < -0.3 is 15.0 Å². The van der Waals surface area contributed by atoms with Crippen LogP contribution in [0.5, 0.6) is 5.75 Å². The molecule has 3 aromatic rings. The molecule has 1 aliphatic heterocycles. The van der Waals surface area contributed by atoms with E-state index < -0.39 is 0 Å². The number of amides is 2. The highest BCUT2D eigenvalue weighted by Crippen LogP contribution is 2.29. The number of hydrogen-bond donors (Lipinski definition) is 1. The molecule has 34 heavy (non-hydrogen) atoms. The number of halogens is 1. The summed E-state index contributed by atoms with van der Waals surface area (Å²) in [5.74, 6) is 0.609. The first kappa shape index (κ1) is 24.3. The molecule has 2 aromatic carbocycles. The number of benzene rings is 2. The summed E-state index contributed by atoms with van der Waals surface area (Å²) in [7, 11) is 1.67. The molecule has 1 saturated heterocycles. The van der Waals surface area contributed by atoms with Crippen LogP contribution in [0.4, 0.5) is 5.00 Å². The third-order valence-corrected chi connectivity index (χ3v) is 7.47. The maximum atomic E-state index is 13.2. The lowest BCUT2D eigenvalue weighted by molar-refractivity contribution is 0.0642. The lowest BCUT2D eigenvalue weighted by atomic mass is 10.1. The lowest BCUT2D eigenvalue weighted by Gasteiger charge is -2.34. The van der Waals surface area contributed by atoms with Gasteiger partial charge in [-0.15, -0.1) is 11.3 Å². The number of carbonyl (C=O) groups excluding carboxylic acids is 2. The topological polar surface area (TPSA) is 61.9 Å². The van der Waals surface area contributed by atoms with Gasteiger partial charge in [0.05, 0.1) is 27.6 Å². The Labute approximate surface area is 209 Å². The van der Waals surface area contributed by atoms with Crippen molar-refractivity contribution in [3.05, 3.63) is 81.2 Å². The molecule has 0 saturated carbocycles. The number of carbonyl (C=O) groups is 2. The number of aryl methyl sites for hydroxylation is 1. The Kier molecular flexibility index (Phi) is 7.88. The van der Waals surface area contributed by atoms with E-state index in [1.54, 1.807) is 31.4 Å². The molecule has 178 valence electrons. The van der Waals surface area contributed by atoms with Crippen LogP contribution in [-0.4, -0.2) is 61.4 Å². The van der Waals surface area contributed by atoms with Crippen molar-refractivity contribution in [3.63, 3.8) is 0 Å². The van der Waals surface area contributed by atoms with Crippen LogP contribution in [0.1, 0.15) is 31.2 Å². The number of ether oxygens (including phenoxy) is 1. The first-order chi connectivity index (χ1) is 16.4. The molecule has 8 heteroatoms. The standard InChI is InChI=1S/C26H28ClN3O3S/c1-18-17-23(28-25(31)21-5-3-4-6-22(21)27)34-24(18)26(32)30-15-13-29(14-16-30)12-11-19-7-9-20(33-2)10-8-19/h3-10,17H,11-16H2,1-2H3,(H,28,31). The van der Waals surface area contributed by atoms with Gasteiger partial charge in [-0.1, -0.05) is 35.9 Å². The van der Waals surface area contributed by atoms with Gasteiger partial charge in [0.25, 0.3) is 11.8 Å². The fourth-order valence-corrected chi connectivity index (χ4v) is 5.24. The second-order valence-corrected chi connectivity index (χ2v) is 9.75. The van der Waals surface area contributed by atoms with Crippen LogP contribution in [0.25, 0.3) is 0 Å². The molecule has 0 unspecified atom stereocenters. The predicted molar refractivity (Wildman–Crippen MR) is 138 cm³/mol. The van der Waals surface area contributed by atoms with Crippen LogP contribution < -0.4 is 10.1 Å². The van der Waals surface area contributed by atoms with Gasteiger partial charge in [-0.2, -0.15) is 0 Å². The number of piperazine rings is 1. The van der Waals surface area contributed by atoms with Gasteiger partial charge in [-0.3, -0.25) is 14.5 Å². The molecular formula is C26H28ClN3O3S. The third-order valence-electron chi connectivity index (χ3n) is 6.00. The Morgan fingerprint density at radius 3 is 2.44 bits per heavy atom. The number of methoxy groups -OCH3 is 1. The molecule has 0 aliphatic carbocycles. The highest BCUT2D eigenvalue weighted by molar-refractivity contribution is 7.18. The SMILES string of the molecule is COc1ccc(CCN2CCN(C(=O)c3sc(NC(=O)c4ccccc4Cl)cc3C)CC2)cc1. The van der Waals surface area contributed by atoms with Crippen LogP contribution in [0, 0.1) is 6.92 Å². The zero-order valence-electron chi connectivity index (χ0n) is 19.3. The molecule has 0 radical (unpaired) electrons. The van der Waals surface area contributed by atoms with Crippen molar-refractivity contribution in [2.75, 3.05) is 45.2 Å². The van der Waals surface area contributed by atoms with Gasteiger partial charge in [0.2, 0.25) is 0 Å². The molecule has 1 aromatic heterocycles. The van der Waals surface area contributed by atoms with Gasteiger partial charge in [0, 0.05) is 32.7 Å². The van der Waals surface area contributed by atoms with Gasteiger partial charge in [0.15, 0.2) is 0 Å². The minimum atomic E-state index is -0.281. The van der Waals surface area contributed by atoms with E-state index in [0.717, 1.165) is 37.4 Å². The smallest absolute Gasteiger partial charge is 0.264 e. The van der Waals surface area contributed by atoms with Crippen LogP contribution in [0.15, 0.2) is 54.6 Å². The minimum absolute atomic E-state index is 0.0237. The molecule has 0 bridgehead atoms. The van der Waals surface area contributed by atoms with E-state index in [1.807, 2.05) is 30.0 Å². The first-order valence-electron chi connectivity index (χ1n) is 11.3. The van der Waals surface area contributed by atoms with Crippen molar-refractivity contribution in [2.45, 2.75) is 13.3 Å². The van der Waals surface area contributed by atoms with E-state index in [4.69, 9.17) is 16.3 Å². The van der Waals surface area contributed by atoms with E-state index in [1.165, 1.54) is 16.9 Å².